The van der Waals surface area contributed by atoms with Crippen molar-refractivity contribution in [3.8, 4) is 22.4 Å². The van der Waals surface area contributed by atoms with E-state index in [1.165, 1.54) is 6.33 Å². The summed E-state index contributed by atoms with van der Waals surface area (Å²) >= 11 is 0. The number of hydrogen-bond acceptors (Lipinski definition) is 8. The molecule has 8 rings (SSSR count). The first kappa shape index (κ1) is 24.2. The van der Waals surface area contributed by atoms with Crippen LogP contribution in [0, 0.1) is 0 Å². The summed E-state index contributed by atoms with van der Waals surface area (Å²) < 4.78 is 1.69. The van der Waals surface area contributed by atoms with Crippen molar-refractivity contribution in [3.63, 3.8) is 0 Å². The van der Waals surface area contributed by atoms with Gasteiger partial charge in [-0.2, -0.15) is 9.61 Å². The first-order valence-electron chi connectivity index (χ1n) is 14.1. The van der Waals surface area contributed by atoms with Gasteiger partial charge in [0.15, 0.2) is 5.65 Å². The lowest BCUT2D eigenvalue weighted by molar-refractivity contribution is -0.0515. The lowest BCUT2D eigenvalue weighted by Gasteiger charge is -2.43. The van der Waals surface area contributed by atoms with E-state index in [-0.39, 0.29) is 29.7 Å². The van der Waals surface area contributed by atoms with Gasteiger partial charge in [-0.15, -0.1) is 10.2 Å². The summed E-state index contributed by atoms with van der Waals surface area (Å²) in [6.45, 7) is 0. The van der Waals surface area contributed by atoms with Crippen molar-refractivity contribution in [2.45, 2.75) is 62.1 Å². The van der Waals surface area contributed by atoms with E-state index in [1.54, 1.807) is 10.7 Å². The van der Waals surface area contributed by atoms with Crippen LogP contribution < -0.4 is 5.73 Å². The van der Waals surface area contributed by atoms with Crippen LogP contribution in [0.15, 0.2) is 61.2 Å². The van der Waals surface area contributed by atoms with Crippen LogP contribution in [0.25, 0.3) is 28.0 Å². The highest BCUT2D eigenvalue weighted by atomic mass is 16.3. The van der Waals surface area contributed by atoms with Gasteiger partial charge in [0.1, 0.15) is 17.7 Å². The van der Waals surface area contributed by atoms with Crippen LogP contribution in [0.5, 0.6) is 0 Å². The molecule has 1 aliphatic carbocycles. The van der Waals surface area contributed by atoms with Gasteiger partial charge in [-0.25, -0.2) is 4.98 Å². The SMILES string of the molecule is Nc1c(C2CC2)c([C@@]2(O)C[C@H]3CC[C@@H](C2)N3C(=O)c2nnc[nH]2)nc2c(-c3ccc(-c4ccccc4)nc3)cnn12. The Kier molecular flexibility index (Phi) is 5.27. The Labute approximate surface area is 235 Å². The number of aromatic nitrogens is 7. The van der Waals surface area contributed by atoms with Crippen molar-refractivity contribution in [1.29, 1.82) is 0 Å². The fourth-order valence-electron chi connectivity index (χ4n) is 6.88. The minimum atomic E-state index is -1.21. The van der Waals surface area contributed by atoms with E-state index in [0.29, 0.717) is 30.0 Å². The number of piperidine rings is 1. The third-order valence-corrected chi connectivity index (χ3v) is 8.91. The molecule has 0 radical (unpaired) electrons. The Bertz CT molecular complexity index is 1750. The molecule has 41 heavy (non-hydrogen) atoms. The smallest absolute Gasteiger partial charge is 0.292 e. The molecule has 3 aliphatic rings. The number of nitrogen functional groups attached to an aromatic ring is 1. The summed E-state index contributed by atoms with van der Waals surface area (Å²) in [5.74, 6) is 0.822. The number of anilines is 1. The predicted octanol–water partition coefficient (Wildman–Crippen LogP) is 3.69. The number of nitrogens with one attached hydrogen (secondary N) is 1. The van der Waals surface area contributed by atoms with Gasteiger partial charge in [0, 0.05) is 53.4 Å². The largest absolute Gasteiger partial charge is 0.383 e. The van der Waals surface area contributed by atoms with Gasteiger partial charge in [0.25, 0.3) is 5.91 Å². The zero-order chi connectivity index (χ0) is 27.7. The second kappa shape index (κ2) is 8.93. The van der Waals surface area contributed by atoms with E-state index in [0.717, 1.165) is 53.6 Å². The third kappa shape index (κ3) is 3.83. The van der Waals surface area contributed by atoms with Crippen molar-refractivity contribution in [2.75, 3.05) is 5.73 Å². The quantitative estimate of drug-likeness (QED) is 0.301. The topological polar surface area (TPSA) is 151 Å². The van der Waals surface area contributed by atoms with Gasteiger partial charge in [-0.1, -0.05) is 36.4 Å². The lowest BCUT2D eigenvalue weighted by Crippen LogP contribution is -2.52. The van der Waals surface area contributed by atoms with Crippen molar-refractivity contribution < 1.29 is 9.90 Å². The molecule has 0 unspecified atom stereocenters. The fraction of sp³-hybridized carbons (Fsp3) is 0.333. The number of nitrogens with zero attached hydrogens (tertiary/aromatic N) is 7. The Morgan fingerprint density at radius 2 is 1.78 bits per heavy atom. The number of rotatable bonds is 5. The zero-order valence-electron chi connectivity index (χ0n) is 22.3. The summed E-state index contributed by atoms with van der Waals surface area (Å²) in [4.78, 5) is 27.8. The van der Waals surface area contributed by atoms with Crippen LogP contribution in [-0.4, -0.2) is 62.8 Å². The molecule has 1 amide bonds. The van der Waals surface area contributed by atoms with Gasteiger partial charge in [0.2, 0.25) is 5.82 Å². The number of aromatic amines is 1. The number of nitrogens with two attached hydrogens (primary N) is 1. The van der Waals surface area contributed by atoms with Crippen molar-refractivity contribution in [1.82, 2.24) is 39.7 Å². The third-order valence-electron chi connectivity index (χ3n) is 8.91. The molecule has 4 N–H and O–H groups in total. The van der Waals surface area contributed by atoms with Gasteiger partial charge in [-0.05, 0) is 37.7 Å². The molecular weight excluding hydrogens is 518 g/mol. The Morgan fingerprint density at radius 1 is 1.00 bits per heavy atom. The number of fused-ring (bicyclic) bond motifs is 3. The molecule has 6 heterocycles. The molecule has 3 atom stereocenters. The minimum absolute atomic E-state index is 0.123. The number of pyridine rings is 1. The monoisotopic (exact) mass is 547 g/mol. The van der Waals surface area contributed by atoms with Crippen LogP contribution in [0.2, 0.25) is 0 Å². The molecule has 2 aliphatic heterocycles. The van der Waals surface area contributed by atoms with Gasteiger partial charge in [-0.3, -0.25) is 9.78 Å². The standard InChI is InChI=1S/C30H29N9O2/c31-26-24(18-6-7-18)25(30(41)12-20-9-10-21(13-30)38(20)29(40)27-33-16-34-37-27)36-28-22(15-35-39(26)28)19-8-11-23(32-14-19)17-4-2-1-3-5-17/h1-5,8,11,14-16,18,20-21,41H,6-7,9-10,12-13,31H2,(H,33,34,37)/t20-,21+,30-. The number of aliphatic hydroxyl groups is 1. The highest BCUT2D eigenvalue weighted by molar-refractivity contribution is 5.91. The molecule has 1 aromatic carbocycles. The molecule has 2 saturated heterocycles. The van der Waals surface area contributed by atoms with E-state index in [4.69, 9.17) is 15.7 Å². The minimum Gasteiger partial charge on any atom is -0.383 e. The fourth-order valence-corrected chi connectivity index (χ4v) is 6.88. The summed E-state index contributed by atoms with van der Waals surface area (Å²) in [5, 5.41) is 24.6. The molecule has 0 spiro atoms. The molecule has 206 valence electrons. The average molecular weight is 548 g/mol. The predicted molar refractivity (Wildman–Crippen MR) is 151 cm³/mol. The number of hydrogen-bond donors (Lipinski definition) is 3. The number of benzene rings is 1. The molecular formula is C30H29N9O2. The second-order valence-corrected chi connectivity index (χ2v) is 11.5. The highest BCUT2D eigenvalue weighted by Gasteiger charge is 2.53. The van der Waals surface area contributed by atoms with E-state index >= 15 is 0 Å². The lowest BCUT2D eigenvalue weighted by atomic mass is 9.80. The summed E-state index contributed by atoms with van der Waals surface area (Å²) in [6, 6.07) is 13.8. The number of amides is 1. The summed E-state index contributed by atoms with van der Waals surface area (Å²) in [6.07, 6.45) is 9.43. The van der Waals surface area contributed by atoms with Gasteiger partial charge >= 0.3 is 0 Å². The first-order valence-corrected chi connectivity index (χ1v) is 14.1. The Balaban J connectivity index is 1.19. The Hall–Kier alpha value is -4.64. The maximum Gasteiger partial charge on any atom is 0.292 e. The van der Waals surface area contributed by atoms with Gasteiger partial charge < -0.3 is 20.7 Å². The summed E-state index contributed by atoms with van der Waals surface area (Å²) in [7, 11) is 0. The van der Waals surface area contributed by atoms with E-state index in [2.05, 4.69) is 20.3 Å². The van der Waals surface area contributed by atoms with Crippen molar-refractivity contribution in [2.24, 2.45) is 0 Å². The summed E-state index contributed by atoms with van der Waals surface area (Å²) in [5.41, 5.74) is 11.3. The molecule has 11 nitrogen and oxygen atoms in total. The number of carbonyl (C=O) groups is 1. The number of H-pyrrole nitrogens is 1. The van der Waals surface area contributed by atoms with Gasteiger partial charge in [0.05, 0.1) is 17.6 Å². The molecule has 1 saturated carbocycles. The maximum absolute atomic E-state index is 13.2. The second-order valence-electron chi connectivity index (χ2n) is 11.5. The molecule has 4 aromatic heterocycles. The van der Waals surface area contributed by atoms with E-state index in [1.807, 2.05) is 53.6 Å². The molecule has 5 aromatic rings. The zero-order valence-corrected chi connectivity index (χ0v) is 22.3. The molecule has 2 bridgehead atoms. The van der Waals surface area contributed by atoms with Crippen LogP contribution in [0.1, 0.15) is 66.3 Å². The highest BCUT2D eigenvalue weighted by Crippen LogP contribution is 2.52. The van der Waals surface area contributed by atoms with Crippen LogP contribution in [0.3, 0.4) is 0 Å². The van der Waals surface area contributed by atoms with Crippen LogP contribution in [-0.2, 0) is 5.60 Å². The van der Waals surface area contributed by atoms with E-state index < -0.39 is 5.60 Å². The average Bonchev–Trinajstić information content (AvgIpc) is 3.37. The Morgan fingerprint density at radius 3 is 2.44 bits per heavy atom. The first-order chi connectivity index (χ1) is 20.0. The molecule has 11 heteroatoms. The normalized spacial score (nSPS) is 23.8. The maximum atomic E-state index is 13.2. The molecule has 3 fully saturated rings. The van der Waals surface area contributed by atoms with Crippen molar-refractivity contribution >= 4 is 17.4 Å². The van der Waals surface area contributed by atoms with Crippen LogP contribution >= 0.6 is 0 Å². The van der Waals surface area contributed by atoms with Crippen molar-refractivity contribution in [3.05, 3.63) is 78.3 Å². The van der Waals surface area contributed by atoms with Crippen LogP contribution in [0.4, 0.5) is 5.82 Å². The van der Waals surface area contributed by atoms with E-state index in [9.17, 15) is 9.90 Å². The number of carbonyl (C=O) groups excluding carboxylic acids is 1.